The molecule has 0 saturated carbocycles. The van der Waals surface area contributed by atoms with Crippen molar-refractivity contribution in [2.24, 2.45) is 0 Å². The van der Waals surface area contributed by atoms with Crippen molar-refractivity contribution in [3.63, 3.8) is 0 Å². The van der Waals surface area contributed by atoms with Gasteiger partial charge in [0.25, 0.3) is 0 Å². The lowest BCUT2D eigenvalue weighted by atomic mass is 10.2. The zero-order valence-corrected chi connectivity index (χ0v) is 11.5. The Balaban J connectivity index is 2.92. The largest absolute Gasteiger partial charge is 0.507 e. The lowest BCUT2D eigenvalue weighted by Crippen LogP contribution is -2.08. The number of aromatic hydroxyl groups is 1. The van der Waals surface area contributed by atoms with Gasteiger partial charge in [0.05, 0.1) is 5.56 Å². The molecule has 0 radical (unpaired) electrons. The fraction of sp³-hybridized carbons (Fsp3) is 0.364. The number of hydrogen-bond donors (Lipinski definition) is 1. The predicted octanol–water partition coefficient (Wildman–Crippen LogP) is 1.90. The van der Waals surface area contributed by atoms with Crippen molar-refractivity contribution >= 4 is 21.9 Å². The summed E-state index contributed by atoms with van der Waals surface area (Å²) in [6, 6.07) is 2.70. The SMILES string of the molecule is COCOC(=O)c1cc(O)c(Br)c(OCOC)c1. The van der Waals surface area contributed by atoms with E-state index in [2.05, 4.69) is 20.7 Å². The molecule has 0 aromatic heterocycles. The number of phenolic OH excluding ortho intramolecular Hbond substituents is 1. The molecule has 1 aromatic rings. The number of ether oxygens (including phenoxy) is 4. The van der Waals surface area contributed by atoms with Gasteiger partial charge in [0.15, 0.2) is 13.6 Å². The number of benzene rings is 1. The molecule has 18 heavy (non-hydrogen) atoms. The summed E-state index contributed by atoms with van der Waals surface area (Å²) in [4.78, 5) is 11.6. The standard InChI is InChI=1S/C11H13BrO6/c1-15-5-17-9-4-7(3-8(13)10(9)12)11(14)18-6-16-2/h3-4,13H,5-6H2,1-2H3. The van der Waals surface area contributed by atoms with E-state index in [1.807, 2.05) is 0 Å². The highest BCUT2D eigenvalue weighted by molar-refractivity contribution is 9.10. The van der Waals surface area contributed by atoms with Gasteiger partial charge in [0.2, 0.25) is 0 Å². The van der Waals surface area contributed by atoms with Crippen LogP contribution in [0.5, 0.6) is 11.5 Å². The second-order valence-corrected chi connectivity index (χ2v) is 3.99. The number of rotatable bonds is 6. The summed E-state index contributed by atoms with van der Waals surface area (Å²) < 4.78 is 19.6. The van der Waals surface area contributed by atoms with Gasteiger partial charge in [-0.25, -0.2) is 4.79 Å². The van der Waals surface area contributed by atoms with E-state index in [-0.39, 0.29) is 30.6 Å². The number of halogens is 1. The molecule has 0 unspecified atom stereocenters. The minimum atomic E-state index is -0.623. The molecule has 0 atom stereocenters. The van der Waals surface area contributed by atoms with Crippen molar-refractivity contribution in [1.29, 1.82) is 0 Å². The average Bonchev–Trinajstić information content (AvgIpc) is 2.37. The van der Waals surface area contributed by atoms with Crippen molar-refractivity contribution in [2.45, 2.75) is 0 Å². The zero-order chi connectivity index (χ0) is 13.5. The van der Waals surface area contributed by atoms with Gasteiger partial charge < -0.3 is 24.1 Å². The Morgan fingerprint density at radius 2 is 1.94 bits per heavy atom. The topological polar surface area (TPSA) is 74.2 Å². The summed E-state index contributed by atoms with van der Waals surface area (Å²) >= 11 is 3.14. The summed E-state index contributed by atoms with van der Waals surface area (Å²) in [5.74, 6) is -0.476. The minimum Gasteiger partial charge on any atom is -0.507 e. The van der Waals surface area contributed by atoms with Crippen LogP contribution in [-0.2, 0) is 14.2 Å². The molecular formula is C11H13BrO6. The van der Waals surface area contributed by atoms with Gasteiger partial charge in [-0.3, -0.25) is 0 Å². The van der Waals surface area contributed by atoms with E-state index < -0.39 is 5.97 Å². The monoisotopic (exact) mass is 320 g/mol. The molecule has 0 aliphatic carbocycles. The fourth-order valence-electron chi connectivity index (χ4n) is 1.12. The first-order valence-electron chi connectivity index (χ1n) is 4.90. The van der Waals surface area contributed by atoms with Gasteiger partial charge in [-0.2, -0.15) is 0 Å². The van der Waals surface area contributed by atoms with Gasteiger partial charge in [-0.05, 0) is 28.1 Å². The normalized spacial score (nSPS) is 10.2. The van der Waals surface area contributed by atoms with E-state index in [0.29, 0.717) is 4.47 Å². The van der Waals surface area contributed by atoms with Crippen LogP contribution in [0.25, 0.3) is 0 Å². The summed E-state index contributed by atoms with van der Waals surface area (Å²) in [6.45, 7) is -0.168. The molecule has 0 spiro atoms. The summed E-state index contributed by atoms with van der Waals surface area (Å²) in [6.07, 6.45) is 0. The van der Waals surface area contributed by atoms with Gasteiger partial charge in [0.1, 0.15) is 16.0 Å². The Labute approximate surface area is 113 Å². The average molecular weight is 321 g/mol. The third-order valence-electron chi connectivity index (χ3n) is 1.90. The smallest absolute Gasteiger partial charge is 0.340 e. The second-order valence-electron chi connectivity index (χ2n) is 3.20. The van der Waals surface area contributed by atoms with Crippen molar-refractivity contribution in [3.05, 3.63) is 22.2 Å². The van der Waals surface area contributed by atoms with Crippen LogP contribution in [0.2, 0.25) is 0 Å². The summed E-state index contributed by atoms with van der Waals surface area (Å²) in [5.41, 5.74) is 0.152. The molecule has 0 aliphatic rings. The second kappa shape index (κ2) is 7.20. The van der Waals surface area contributed by atoms with Gasteiger partial charge in [-0.15, -0.1) is 0 Å². The van der Waals surface area contributed by atoms with E-state index in [0.717, 1.165) is 0 Å². The zero-order valence-electron chi connectivity index (χ0n) is 9.94. The molecule has 0 amide bonds. The Morgan fingerprint density at radius 1 is 1.28 bits per heavy atom. The van der Waals surface area contributed by atoms with E-state index >= 15 is 0 Å². The predicted molar refractivity (Wildman–Crippen MR) is 65.6 cm³/mol. The molecule has 0 saturated heterocycles. The van der Waals surface area contributed by atoms with Crippen LogP contribution in [0.3, 0.4) is 0 Å². The van der Waals surface area contributed by atoms with Crippen molar-refractivity contribution in [2.75, 3.05) is 27.8 Å². The number of carbonyl (C=O) groups excluding carboxylic acids is 1. The molecule has 0 bridgehead atoms. The van der Waals surface area contributed by atoms with E-state index in [9.17, 15) is 9.90 Å². The highest BCUT2D eigenvalue weighted by Crippen LogP contribution is 2.35. The maximum Gasteiger partial charge on any atom is 0.340 e. The van der Waals surface area contributed by atoms with Gasteiger partial charge >= 0.3 is 5.97 Å². The Bertz CT molecular complexity index is 420. The highest BCUT2D eigenvalue weighted by Gasteiger charge is 2.15. The molecule has 6 nitrogen and oxygen atoms in total. The fourth-order valence-corrected chi connectivity index (χ4v) is 1.47. The van der Waals surface area contributed by atoms with Gasteiger partial charge in [-0.1, -0.05) is 0 Å². The lowest BCUT2D eigenvalue weighted by Gasteiger charge is -2.10. The van der Waals surface area contributed by atoms with Crippen LogP contribution < -0.4 is 4.74 Å². The van der Waals surface area contributed by atoms with Crippen molar-refractivity contribution in [1.82, 2.24) is 0 Å². The van der Waals surface area contributed by atoms with Gasteiger partial charge in [0, 0.05) is 14.2 Å². The summed E-state index contributed by atoms with van der Waals surface area (Å²) in [7, 11) is 2.87. The third kappa shape index (κ3) is 3.86. The molecule has 0 aliphatic heterocycles. The van der Waals surface area contributed by atoms with E-state index in [1.165, 1.54) is 26.4 Å². The van der Waals surface area contributed by atoms with Crippen LogP contribution in [0, 0.1) is 0 Å². The maximum atomic E-state index is 11.6. The van der Waals surface area contributed by atoms with Crippen molar-refractivity contribution < 1.29 is 28.8 Å². The molecule has 100 valence electrons. The molecule has 1 aromatic carbocycles. The molecule has 7 heteroatoms. The molecular weight excluding hydrogens is 308 g/mol. The first kappa shape index (κ1) is 14.7. The maximum absolute atomic E-state index is 11.6. The number of carbonyl (C=O) groups is 1. The molecule has 1 rings (SSSR count). The molecule has 1 N–H and O–H groups in total. The quantitative estimate of drug-likeness (QED) is 0.637. The Hall–Kier alpha value is -1.31. The highest BCUT2D eigenvalue weighted by atomic mass is 79.9. The Kier molecular flexibility index (Phi) is 5.90. The van der Waals surface area contributed by atoms with E-state index in [1.54, 1.807) is 0 Å². The molecule has 0 fully saturated rings. The van der Waals surface area contributed by atoms with Crippen LogP contribution >= 0.6 is 15.9 Å². The first-order valence-corrected chi connectivity index (χ1v) is 5.69. The first-order chi connectivity index (χ1) is 8.60. The number of phenols is 1. The number of hydrogen-bond acceptors (Lipinski definition) is 6. The van der Waals surface area contributed by atoms with E-state index in [4.69, 9.17) is 14.2 Å². The van der Waals surface area contributed by atoms with Crippen LogP contribution in [-0.4, -0.2) is 38.9 Å². The Morgan fingerprint density at radius 3 is 2.56 bits per heavy atom. The van der Waals surface area contributed by atoms with Crippen LogP contribution in [0.15, 0.2) is 16.6 Å². The van der Waals surface area contributed by atoms with Crippen LogP contribution in [0.4, 0.5) is 0 Å². The van der Waals surface area contributed by atoms with Crippen LogP contribution in [0.1, 0.15) is 10.4 Å². The number of esters is 1. The third-order valence-corrected chi connectivity index (χ3v) is 2.69. The lowest BCUT2D eigenvalue weighted by molar-refractivity contribution is -0.0126. The molecule has 0 heterocycles. The van der Waals surface area contributed by atoms with Crippen molar-refractivity contribution in [3.8, 4) is 11.5 Å². The minimum absolute atomic E-state index is 0.00535. The summed E-state index contributed by atoms with van der Waals surface area (Å²) in [5, 5.41) is 9.65. The number of methoxy groups -OCH3 is 2.